The van der Waals surface area contributed by atoms with E-state index in [-0.39, 0.29) is 37.3 Å². The van der Waals surface area contributed by atoms with Gasteiger partial charge in [-0.2, -0.15) is 4.98 Å². The highest BCUT2D eigenvalue weighted by Crippen LogP contribution is 2.44. The van der Waals surface area contributed by atoms with Crippen LogP contribution in [0.25, 0.3) is 11.1 Å². The van der Waals surface area contributed by atoms with Gasteiger partial charge in [0.15, 0.2) is 0 Å². The minimum Gasteiger partial charge on any atom is -0.480 e. The molecule has 5 rings (SSSR count). The lowest BCUT2D eigenvalue weighted by Gasteiger charge is -2.19. The first-order valence-corrected chi connectivity index (χ1v) is 10.7. The van der Waals surface area contributed by atoms with Gasteiger partial charge in [-0.25, -0.2) is 9.59 Å². The lowest BCUT2D eigenvalue weighted by Crippen LogP contribution is -2.41. The van der Waals surface area contributed by atoms with E-state index < -0.39 is 30.1 Å². The molecule has 1 saturated heterocycles. The zero-order valence-corrected chi connectivity index (χ0v) is 17.8. The Kier molecular flexibility index (Phi) is 5.46. The number of ether oxygens (including phenoxy) is 1. The minimum atomic E-state index is -1.22. The Labute approximate surface area is 193 Å². The van der Waals surface area contributed by atoms with Crippen LogP contribution in [-0.4, -0.2) is 73.6 Å². The van der Waals surface area contributed by atoms with Crippen molar-refractivity contribution >= 4 is 23.9 Å². The number of carbonyl (C=O) groups is 3. The molecule has 0 spiro atoms. The van der Waals surface area contributed by atoms with Crippen LogP contribution in [0.1, 0.15) is 34.1 Å². The first-order valence-electron chi connectivity index (χ1n) is 10.7. The number of amides is 2. The van der Waals surface area contributed by atoms with Crippen LogP contribution in [0.15, 0.2) is 48.5 Å². The highest BCUT2D eigenvalue weighted by atomic mass is 16.5. The number of aromatic amines is 1. The van der Waals surface area contributed by atoms with Gasteiger partial charge < -0.3 is 19.8 Å². The molecule has 2 amide bonds. The van der Waals surface area contributed by atoms with E-state index in [9.17, 15) is 24.6 Å². The van der Waals surface area contributed by atoms with Crippen molar-refractivity contribution < 1.29 is 29.3 Å². The molecule has 11 nitrogen and oxygen atoms in total. The van der Waals surface area contributed by atoms with Crippen LogP contribution >= 0.6 is 0 Å². The van der Waals surface area contributed by atoms with Gasteiger partial charge in [0.25, 0.3) is 11.9 Å². The molecule has 2 unspecified atom stereocenters. The summed E-state index contributed by atoms with van der Waals surface area (Å²) in [5.74, 6) is -2.52. The summed E-state index contributed by atoms with van der Waals surface area (Å²) in [5.41, 5.74) is 4.36. The molecule has 1 fully saturated rings. The molecule has 0 bridgehead atoms. The van der Waals surface area contributed by atoms with Crippen molar-refractivity contribution in [2.24, 2.45) is 0 Å². The Hall–Kier alpha value is -4.25. The molecule has 34 heavy (non-hydrogen) atoms. The minimum absolute atomic E-state index is 0.0694. The zero-order chi connectivity index (χ0) is 23.8. The van der Waals surface area contributed by atoms with Crippen LogP contribution in [-0.2, 0) is 9.53 Å². The van der Waals surface area contributed by atoms with Gasteiger partial charge in [0.1, 0.15) is 12.6 Å². The average Bonchev–Trinajstić information content (AvgIpc) is 3.53. The molecular weight excluding hydrogens is 442 g/mol. The summed E-state index contributed by atoms with van der Waals surface area (Å²) in [6.45, 7) is -0.0341. The van der Waals surface area contributed by atoms with Gasteiger partial charge in [-0.05, 0) is 22.3 Å². The summed E-state index contributed by atoms with van der Waals surface area (Å²) >= 11 is 0. The number of carboxylic acids is 1. The molecule has 1 aliphatic carbocycles. The van der Waals surface area contributed by atoms with E-state index >= 15 is 0 Å². The molecule has 2 heterocycles. The Bertz CT molecular complexity index is 1230. The number of aliphatic hydroxyl groups is 1. The standard InChI is InChI=1S/C23H21N5O6/c29-12-9-18(21(31)32)28(10-12)20(30)19-24-22(27-26-19)25-23(33)34-11-17-15-7-3-1-5-13(15)14-6-2-4-8-16(14)17/h1-8,12,17-18,29H,9-11H2,(H,31,32)(H2,24,25,26,27,33). The second-order valence-electron chi connectivity index (χ2n) is 8.16. The number of anilines is 1. The maximum atomic E-state index is 12.6. The summed E-state index contributed by atoms with van der Waals surface area (Å²) in [7, 11) is 0. The number of aromatic nitrogens is 3. The smallest absolute Gasteiger partial charge is 0.414 e. The number of hydrogen-bond donors (Lipinski definition) is 4. The first kappa shape index (κ1) is 21.6. The van der Waals surface area contributed by atoms with Crippen LogP contribution in [0.5, 0.6) is 0 Å². The summed E-state index contributed by atoms with van der Waals surface area (Å²) in [6, 6.07) is 14.7. The third kappa shape index (κ3) is 3.86. The molecule has 4 N–H and O–H groups in total. The van der Waals surface area contributed by atoms with Crippen LogP contribution in [0.3, 0.4) is 0 Å². The third-order valence-corrected chi connectivity index (χ3v) is 6.07. The van der Waals surface area contributed by atoms with Gasteiger partial charge in [0, 0.05) is 18.9 Å². The second-order valence-corrected chi connectivity index (χ2v) is 8.16. The Morgan fingerprint density at radius 1 is 1.09 bits per heavy atom. The van der Waals surface area contributed by atoms with Gasteiger partial charge in [0.2, 0.25) is 5.82 Å². The van der Waals surface area contributed by atoms with Crippen molar-refractivity contribution in [3.05, 3.63) is 65.5 Å². The summed E-state index contributed by atoms with van der Waals surface area (Å²) in [6.07, 6.45) is -1.80. The number of rotatable bonds is 5. The number of hydrogen-bond acceptors (Lipinski definition) is 7. The third-order valence-electron chi connectivity index (χ3n) is 6.07. The molecule has 1 aliphatic heterocycles. The predicted octanol–water partition coefficient (Wildman–Crippen LogP) is 1.83. The highest BCUT2D eigenvalue weighted by molar-refractivity contribution is 5.94. The number of aliphatic carboxylic acids is 1. The molecule has 0 saturated carbocycles. The lowest BCUT2D eigenvalue weighted by atomic mass is 9.98. The first-order chi connectivity index (χ1) is 16.4. The molecule has 2 aliphatic rings. The number of fused-ring (bicyclic) bond motifs is 3. The van der Waals surface area contributed by atoms with Gasteiger partial charge in [0.05, 0.1) is 6.10 Å². The van der Waals surface area contributed by atoms with E-state index in [1.807, 2.05) is 48.5 Å². The number of carboxylic acid groups (broad SMARTS) is 1. The van der Waals surface area contributed by atoms with Crippen LogP contribution in [0.2, 0.25) is 0 Å². The number of benzene rings is 2. The number of nitrogens with one attached hydrogen (secondary N) is 2. The predicted molar refractivity (Wildman–Crippen MR) is 118 cm³/mol. The van der Waals surface area contributed by atoms with E-state index in [1.54, 1.807) is 0 Å². The van der Waals surface area contributed by atoms with Gasteiger partial charge in [-0.3, -0.25) is 15.2 Å². The van der Waals surface area contributed by atoms with Gasteiger partial charge >= 0.3 is 12.1 Å². The molecule has 3 aromatic rings. The van der Waals surface area contributed by atoms with Crippen molar-refractivity contribution in [3.8, 4) is 11.1 Å². The van der Waals surface area contributed by atoms with Crippen molar-refractivity contribution in [3.63, 3.8) is 0 Å². The Balaban J connectivity index is 1.23. The molecule has 0 radical (unpaired) electrons. The lowest BCUT2D eigenvalue weighted by molar-refractivity contribution is -0.141. The zero-order valence-electron chi connectivity index (χ0n) is 17.8. The number of β-amino-alcohol motifs (C(OH)–C–C–N with tert-alkyl or cyclic N) is 1. The number of likely N-dealkylation sites (tertiary alicyclic amines) is 1. The molecule has 11 heteroatoms. The van der Waals surface area contributed by atoms with Crippen molar-refractivity contribution in [1.82, 2.24) is 20.1 Å². The average molecular weight is 463 g/mol. The fraction of sp³-hybridized carbons (Fsp3) is 0.261. The molecule has 174 valence electrons. The van der Waals surface area contributed by atoms with Gasteiger partial charge in [-0.15, -0.1) is 5.10 Å². The second kappa shape index (κ2) is 8.60. The largest absolute Gasteiger partial charge is 0.480 e. The molecule has 1 aromatic heterocycles. The molecular formula is C23H21N5O6. The maximum Gasteiger partial charge on any atom is 0.414 e. The van der Waals surface area contributed by atoms with E-state index in [4.69, 9.17) is 4.74 Å². The van der Waals surface area contributed by atoms with E-state index in [2.05, 4.69) is 20.5 Å². The van der Waals surface area contributed by atoms with Crippen LogP contribution < -0.4 is 5.32 Å². The number of aliphatic hydroxyl groups excluding tert-OH is 1. The molecule has 2 atom stereocenters. The van der Waals surface area contributed by atoms with Crippen LogP contribution in [0.4, 0.5) is 10.7 Å². The van der Waals surface area contributed by atoms with Crippen LogP contribution in [0, 0.1) is 0 Å². The van der Waals surface area contributed by atoms with Crippen molar-refractivity contribution in [2.45, 2.75) is 24.5 Å². The van der Waals surface area contributed by atoms with Crippen molar-refractivity contribution in [2.75, 3.05) is 18.5 Å². The highest BCUT2D eigenvalue weighted by Gasteiger charge is 2.40. The van der Waals surface area contributed by atoms with Crippen molar-refractivity contribution in [1.29, 1.82) is 0 Å². The normalized spacial score (nSPS) is 18.9. The topological polar surface area (TPSA) is 158 Å². The van der Waals surface area contributed by atoms with E-state index in [1.165, 1.54) is 0 Å². The fourth-order valence-corrected chi connectivity index (χ4v) is 4.55. The maximum absolute atomic E-state index is 12.6. The van der Waals surface area contributed by atoms with E-state index in [0.29, 0.717) is 0 Å². The van der Waals surface area contributed by atoms with Gasteiger partial charge in [-0.1, -0.05) is 48.5 Å². The van der Waals surface area contributed by atoms with E-state index in [0.717, 1.165) is 27.2 Å². The number of carbonyl (C=O) groups excluding carboxylic acids is 2. The summed E-state index contributed by atoms with van der Waals surface area (Å²) in [4.78, 5) is 41.3. The Morgan fingerprint density at radius 2 is 1.74 bits per heavy atom. The summed E-state index contributed by atoms with van der Waals surface area (Å²) in [5, 5.41) is 27.5. The Morgan fingerprint density at radius 3 is 2.38 bits per heavy atom. The number of H-pyrrole nitrogens is 1. The SMILES string of the molecule is O=C(Nc1n[nH]c(C(=O)N2CC(O)CC2C(=O)O)n1)OCC1c2ccccc2-c2ccccc21. The quantitative estimate of drug-likeness (QED) is 0.446. The monoisotopic (exact) mass is 463 g/mol. The molecule has 2 aromatic carbocycles. The number of nitrogens with zero attached hydrogens (tertiary/aromatic N) is 3. The fourth-order valence-electron chi connectivity index (χ4n) is 4.55. The summed E-state index contributed by atoms with van der Waals surface area (Å²) < 4.78 is 5.43.